The number of thiazole rings is 1. The molecule has 1 heterocycles. The van der Waals surface area contributed by atoms with Gasteiger partial charge in [-0.2, -0.15) is 0 Å². The smallest absolute Gasteiger partial charge is 0.270 e. The number of nitrogens with zero attached hydrogens (tertiary/aromatic N) is 2. The number of carbonyl (C=O) groups is 1. The number of carbonyl (C=O) groups excluding carboxylic acids is 1. The SMILES string of the molecule is O=C(CSc1nc2ccc([N+](=O)[O-])cc2s1)NC1CCCCCCC1. The van der Waals surface area contributed by atoms with Crippen LogP contribution in [0.4, 0.5) is 5.69 Å². The number of non-ortho nitro benzene ring substituents is 1. The maximum atomic E-state index is 12.2. The molecule has 1 saturated carbocycles. The lowest BCUT2D eigenvalue weighted by Gasteiger charge is -2.20. The number of thioether (sulfide) groups is 1. The first-order chi connectivity index (χ1) is 12.1. The lowest BCUT2D eigenvalue weighted by atomic mass is 9.97. The zero-order valence-electron chi connectivity index (χ0n) is 13.9. The summed E-state index contributed by atoms with van der Waals surface area (Å²) >= 11 is 2.78. The van der Waals surface area contributed by atoms with Crippen molar-refractivity contribution in [3.63, 3.8) is 0 Å². The fourth-order valence-corrected chi connectivity index (χ4v) is 4.98. The van der Waals surface area contributed by atoms with E-state index in [1.54, 1.807) is 6.07 Å². The highest BCUT2D eigenvalue weighted by Crippen LogP contribution is 2.31. The minimum absolute atomic E-state index is 0.0424. The Morgan fingerprint density at radius 3 is 2.72 bits per heavy atom. The maximum Gasteiger partial charge on any atom is 0.270 e. The van der Waals surface area contributed by atoms with Crippen molar-refractivity contribution in [2.45, 2.75) is 55.3 Å². The third-order valence-electron chi connectivity index (χ3n) is 4.36. The van der Waals surface area contributed by atoms with Crippen LogP contribution in [0.1, 0.15) is 44.9 Å². The molecule has 25 heavy (non-hydrogen) atoms. The molecular weight excluding hydrogens is 358 g/mol. The third kappa shape index (κ3) is 5.15. The van der Waals surface area contributed by atoms with E-state index in [-0.39, 0.29) is 11.6 Å². The van der Waals surface area contributed by atoms with E-state index in [4.69, 9.17) is 0 Å². The molecule has 134 valence electrons. The highest BCUT2D eigenvalue weighted by atomic mass is 32.2. The molecule has 0 spiro atoms. The molecule has 1 aliphatic carbocycles. The number of hydrogen-bond donors (Lipinski definition) is 1. The molecule has 0 bridgehead atoms. The summed E-state index contributed by atoms with van der Waals surface area (Å²) < 4.78 is 1.54. The minimum Gasteiger partial charge on any atom is -0.353 e. The average Bonchev–Trinajstić information content (AvgIpc) is 2.97. The Kier molecular flexibility index (Phi) is 6.25. The van der Waals surface area contributed by atoms with E-state index < -0.39 is 4.92 Å². The molecular formula is C17H21N3O3S2. The van der Waals surface area contributed by atoms with Crippen LogP contribution in [0.2, 0.25) is 0 Å². The summed E-state index contributed by atoms with van der Waals surface area (Å²) in [6.45, 7) is 0. The quantitative estimate of drug-likeness (QED) is 0.469. The Labute approximate surface area is 154 Å². The molecule has 0 unspecified atom stereocenters. The van der Waals surface area contributed by atoms with Crippen molar-refractivity contribution >= 4 is 44.9 Å². The van der Waals surface area contributed by atoms with Crippen LogP contribution in [0, 0.1) is 10.1 Å². The van der Waals surface area contributed by atoms with Gasteiger partial charge in [0.25, 0.3) is 5.69 Å². The van der Waals surface area contributed by atoms with Crippen LogP contribution in [0.25, 0.3) is 10.2 Å². The topological polar surface area (TPSA) is 85.1 Å². The normalized spacial score (nSPS) is 16.3. The van der Waals surface area contributed by atoms with Gasteiger partial charge in [-0.15, -0.1) is 11.3 Å². The standard InChI is InChI=1S/C17H21N3O3S2/c21-16(18-12-6-4-2-1-3-5-7-12)11-24-17-19-14-9-8-13(20(22)23)10-15(14)25-17/h8-10,12H,1-7,11H2,(H,18,21). The average molecular weight is 380 g/mol. The maximum absolute atomic E-state index is 12.2. The molecule has 3 rings (SSSR count). The fourth-order valence-electron chi connectivity index (χ4n) is 3.06. The molecule has 0 aliphatic heterocycles. The van der Waals surface area contributed by atoms with Gasteiger partial charge in [0.05, 0.1) is 20.9 Å². The van der Waals surface area contributed by atoms with Gasteiger partial charge in [-0.3, -0.25) is 14.9 Å². The van der Waals surface area contributed by atoms with Crippen molar-refractivity contribution in [1.29, 1.82) is 0 Å². The summed E-state index contributed by atoms with van der Waals surface area (Å²) in [7, 11) is 0. The molecule has 1 aromatic heterocycles. The van der Waals surface area contributed by atoms with Crippen molar-refractivity contribution in [2.24, 2.45) is 0 Å². The van der Waals surface area contributed by atoms with Crippen LogP contribution in [-0.4, -0.2) is 27.6 Å². The highest BCUT2D eigenvalue weighted by molar-refractivity contribution is 8.01. The molecule has 6 nitrogen and oxygen atoms in total. The molecule has 0 saturated heterocycles. The highest BCUT2D eigenvalue weighted by Gasteiger charge is 2.15. The number of amides is 1. The number of fused-ring (bicyclic) bond motifs is 1. The predicted octanol–water partition coefficient (Wildman–Crippen LogP) is 4.53. The second kappa shape index (κ2) is 8.62. The van der Waals surface area contributed by atoms with Crippen molar-refractivity contribution in [3.8, 4) is 0 Å². The van der Waals surface area contributed by atoms with Crippen LogP contribution in [0.5, 0.6) is 0 Å². The van der Waals surface area contributed by atoms with Gasteiger partial charge < -0.3 is 5.32 Å². The Bertz CT molecular complexity index is 755. The summed E-state index contributed by atoms with van der Waals surface area (Å²) in [5.74, 6) is 0.374. The first kappa shape index (κ1) is 18.1. The van der Waals surface area contributed by atoms with Crippen LogP contribution in [-0.2, 0) is 4.79 Å². The second-order valence-electron chi connectivity index (χ2n) is 6.29. The van der Waals surface area contributed by atoms with Crippen LogP contribution in [0.15, 0.2) is 22.5 Å². The van der Waals surface area contributed by atoms with Crippen LogP contribution < -0.4 is 5.32 Å². The predicted molar refractivity (Wildman–Crippen MR) is 101 cm³/mol. The number of benzene rings is 1. The molecule has 0 radical (unpaired) electrons. The number of rotatable bonds is 5. The molecule has 1 N–H and O–H groups in total. The number of hydrogen-bond acceptors (Lipinski definition) is 6. The van der Waals surface area contributed by atoms with Gasteiger partial charge in [-0.25, -0.2) is 4.98 Å². The Morgan fingerprint density at radius 2 is 2.00 bits per heavy atom. The molecule has 1 aliphatic rings. The number of nitro groups is 1. The van der Waals surface area contributed by atoms with Crippen LogP contribution in [0.3, 0.4) is 0 Å². The van der Waals surface area contributed by atoms with Gasteiger partial charge >= 0.3 is 0 Å². The van der Waals surface area contributed by atoms with E-state index in [9.17, 15) is 14.9 Å². The van der Waals surface area contributed by atoms with E-state index in [0.29, 0.717) is 11.8 Å². The van der Waals surface area contributed by atoms with Crippen molar-refractivity contribution in [1.82, 2.24) is 10.3 Å². The summed E-state index contributed by atoms with van der Waals surface area (Å²) in [4.78, 5) is 27.1. The molecule has 1 aromatic carbocycles. The molecule has 2 aromatic rings. The lowest BCUT2D eigenvalue weighted by Crippen LogP contribution is -2.36. The van der Waals surface area contributed by atoms with Gasteiger partial charge in [0, 0.05) is 18.2 Å². The summed E-state index contributed by atoms with van der Waals surface area (Å²) in [5.41, 5.74) is 0.799. The van der Waals surface area contributed by atoms with E-state index in [2.05, 4.69) is 10.3 Å². The van der Waals surface area contributed by atoms with Gasteiger partial charge in [-0.05, 0) is 18.9 Å². The largest absolute Gasteiger partial charge is 0.353 e. The minimum atomic E-state index is -0.408. The number of nitro benzene ring substituents is 1. The first-order valence-corrected chi connectivity index (χ1v) is 10.4. The van der Waals surface area contributed by atoms with Crippen molar-refractivity contribution in [2.75, 3.05) is 5.75 Å². The van der Waals surface area contributed by atoms with Crippen molar-refractivity contribution in [3.05, 3.63) is 28.3 Å². The Hall–Kier alpha value is -1.67. The van der Waals surface area contributed by atoms with Crippen LogP contribution >= 0.6 is 23.1 Å². The first-order valence-electron chi connectivity index (χ1n) is 8.59. The third-order valence-corrected chi connectivity index (χ3v) is 6.52. The fraction of sp³-hybridized carbons (Fsp3) is 0.529. The van der Waals surface area contributed by atoms with E-state index >= 15 is 0 Å². The lowest BCUT2D eigenvalue weighted by molar-refractivity contribution is -0.384. The molecule has 1 amide bonds. The number of aromatic nitrogens is 1. The zero-order chi connectivity index (χ0) is 17.6. The summed E-state index contributed by atoms with van der Waals surface area (Å²) in [6, 6.07) is 4.94. The summed E-state index contributed by atoms with van der Waals surface area (Å²) in [5, 5.41) is 14.0. The van der Waals surface area contributed by atoms with Crippen molar-refractivity contribution < 1.29 is 9.72 Å². The zero-order valence-corrected chi connectivity index (χ0v) is 15.5. The number of nitrogens with one attached hydrogen (secondary N) is 1. The van der Waals surface area contributed by atoms with E-state index in [1.165, 1.54) is 67.3 Å². The van der Waals surface area contributed by atoms with Gasteiger partial charge in [0.1, 0.15) is 0 Å². The molecule has 1 fully saturated rings. The van der Waals surface area contributed by atoms with E-state index in [0.717, 1.165) is 27.4 Å². The Balaban J connectivity index is 1.54. The monoisotopic (exact) mass is 379 g/mol. The second-order valence-corrected chi connectivity index (χ2v) is 8.54. The molecule has 8 heteroatoms. The van der Waals surface area contributed by atoms with E-state index in [1.807, 2.05) is 0 Å². The Morgan fingerprint density at radius 1 is 1.28 bits per heavy atom. The van der Waals surface area contributed by atoms with Gasteiger partial charge in [0.2, 0.25) is 5.91 Å². The van der Waals surface area contributed by atoms with Gasteiger partial charge in [0.15, 0.2) is 4.34 Å². The van der Waals surface area contributed by atoms with Gasteiger partial charge in [-0.1, -0.05) is 43.9 Å². The summed E-state index contributed by atoms with van der Waals surface area (Å²) in [6.07, 6.45) is 8.36. The molecule has 0 atom stereocenters.